The van der Waals surface area contributed by atoms with Crippen molar-refractivity contribution in [2.24, 2.45) is 0 Å². The average molecular weight is 791 g/mol. The van der Waals surface area contributed by atoms with E-state index in [1.54, 1.807) is 9.59 Å². The molecule has 0 aliphatic rings. The topological polar surface area (TPSA) is 61.4 Å². The van der Waals surface area contributed by atoms with Gasteiger partial charge in [-0.05, 0) is 132 Å². The van der Waals surface area contributed by atoms with Gasteiger partial charge in [-0.25, -0.2) is 0 Å². The lowest BCUT2D eigenvalue weighted by molar-refractivity contribution is 0.639. The van der Waals surface area contributed by atoms with Crippen molar-refractivity contribution in [2.75, 3.05) is 0 Å². The van der Waals surface area contributed by atoms with E-state index in [4.69, 9.17) is 20.4 Å². The Balaban J connectivity index is 0.931. The highest BCUT2D eigenvalue weighted by molar-refractivity contribution is 5.94. The molecule has 0 fully saturated rings. The second-order valence-electron chi connectivity index (χ2n) is 16.9. The van der Waals surface area contributed by atoms with E-state index in [9.17, 15) is 0 Å². The van der Waals surface area contributed by atoms with Gasteiger partial charge in [-0.2, -0.15) is 9.59 Å². The van der Waals surface area contributed by atoms with E-state index in [-0.39, 0.29) is 5.41 Å². The summed E-state index contributed by atoms with van der Waals surface area (Å²) in [7, 11) is 0. The van der Waals surface area contributed by atoms with Gasteiger partial charge in [-0.1, -0.05) is 157 Å². The summed E-state index contributed by atoms with van der Waals surface area (Å²) >= 11 is 0. The van der Waals surface area contributed by atoms with E-state index in [1.807, 2.05) is 0 Å². The maximum Gasteiger partial charge on any atom is 0.114 e. The van der Waals surface area contributed by atoms with Gasteiger partial charge < -0.3 is 0 Å². The lowest BCUT2D eigenvalue weighted by Crippen LogP contribution is -2.19. The van der Waals surface area contributed by atoms with Crippen molar-refractivity contribution in [2.45, 2.75) is 47.0 Å². The van der Waals surface area contributed by atoms with Gasteiger partial charge in [-0.3, -0.25) is 0 Å². The summed E-state index contributed by atoms with van der Waals surface area (Å²) in [6.45, 7) is 13.0. The first-order valence-electron chi connectivity index (χ1n) is 20.9. The number of nitrogens with zero attached hydrogens (tertiary/aromatic N) is 6. The molecule has 8 aromatic carbocycles. The zero-order chi connectivity index (χ0) is 41.8. The molecule has 0 aliphatic carbocycles. The molecule has 0 aliphatic heterocycles. The Kier molecular flexibility index (Phi) is 9.29. The van der Waals surface area contributed by atoms with Crippen molar-refractivity contribution >= 4 is 22.1 Å². The number of hydrogen-bond acceptors (Lipinski definition) is 4. The van der Waals surface area contributed by atoms with Crippen LogP contribution in [0.15, 0.2) is 170 Å². The highest BCUT2D eigenvalue weighted by Crippen LogP contribution is 2.38. The van der Waals surface area contributed by atoms with Gasteiger partial charge in [-0.15, -0.1) is 20.4 Å². The molecule has 10 aromatic rings. The van der Waals surface area contributed by atoms with Crippen molar-refractivity contribution in [3.63, 3.8) is 0 Å². The molecule has 0 radical (unpaired) electrons. The van der Waals surface area contributed by atoms with Crippen LogP contribution in [-0.4, -0.2) is 30.0 Å². The van der Waals surface area contributed by atoms with Crippen LogP contribution in [0, 0.1) is 27.7 Å². The fourth-order valence-corrected chi connectivity index (χ4v) is 8.24. The Morgan fingerprint density at radius 3 is 0.770 bits per heavy atom. The average Bonchev–Trinajstić information content (AvgIpc) is 3.91. The summed E-state index contributed by atoms with van der Waals surface area (Å²) in [4.78, 5) is 3.51. The van der Waals surface area contributed by atoms with E-state index in [0.717, 1.165) is 77.9 Å². The van der Waals surface area contributed by atoms with Crippen molar-refractivity contribution < 1.29 is 0 Å². The Bertz CT molecular complexity index is 2810. The Labute approximate surface area is 356 Å². The first-order chi connectivity index (χ1) is 29.6. The summed E-state index contributed by atoms with van der Waals surface area (Å²) < 4.78 is 0. The van der Waals surface area contributed by atoms with Gasteiger partial charge in [0.25, 0.3) is 0 Å². The van der Waals surface area contributed by atoms with E-state index < -0.39 is 0 Å². The van der Waals surface area contributed by atoms with Crippen molar-refractivity contribution in [1.29, 1.82) is 0 Å². The molecular weight excluding hydrogens is 745 g/mol. The molecular formula is C55H46N6. The predicted octanol–water partition coefficient (Wildman–Crippen LogP) is 13.4. The summed E-state index contributed by atoms with van der Waals surface area (Å²) in [6, 6.07) is 60.7. The van der Waals surface area contributed by atoms with Crippen LogP contribution in [0.3, 0.4) is 0 Å². The normalized spacial score (nSPS) is 11.8. The number of aryl methyl sites for hydroxylation is 4. The van der Waals surface area contributed by atoms with Gasteiger partial charge in [0.2, 0.25) is 0 Å². The number of benzene rings is 8. The fourth-order valence-electron chi connectivity index (χ4n) is 8.24. The quantitative estimate of drug-likeness (QED) is 0.154. The molecule has 10 rings (SSSR count). The molecule has 0 N–H and O–H groups in total. The van der Waals surface area contributed by atoms with Crippen LogP contribution in [0.1, 0.15) is 47.2 Å². The Morgan fingerprint density at radius 1 is 0.311 bits per heavy atom. The van der Waals surface area contributed by atoms with Gasteiger partial charge in [0.05, 0.1) is 11.4 Å². The highest BCUT2D eigenvalue weighted by Gasteiger charge is 2.24. The van der Waals surface area contributed by atoms with Crippen LogP contribution in [0.2, 0.25) is 0 Å². The molecule has 6 nitrogen and oxygen atoms in total. The van der Waals surface area contributed by atoms with E-state index in [1.165, 1.54) is 33.4 Å². The molecule has 61 heavy (non-hydrogen) atoms. The number of fused-ring (bicyclic) bond motifs is 2. The van der Waals surface area contributed by atoms with Crippen LogP contribution >= 0.6 is 0 Å². The SMILES string of the molecule is Cc1ccc(-c2cc3nn(-c4ccc(C(C)(C)c5ccc(-n6nc7cc(-c8ccc(C)cc8)c(-c8ccc(C)cc8)cc7n6)cc5)cc4)nc3cc2-c2ccc(C)cc2)cc1. The summed E-state index contributed by atoms with van der Waals surface area (Å²) in [5, 5.41) is 19.9. The third kappa shape index (κ3) is 7.20. The van der Waals surface area contributed by atoms with E-state index in [0.29, 0.717) is 0 Å². The smallest absolute Gasteiger partial charge is 0.114 e. The third-order valence-electron chi connectivity index (χ3n) is 12.1. The van der Waals surface area contributed by atoms with E-state index in [2.05, 4.69) is 211 Å². The minimum Gasteiger partial charge on any atom is -0.150 e. The minimum atomic E-state index is -0.265. The molecule has 6 heteroatoms. The molecule has 296 valence electrons. The largest absolute Gasteiger partial charge is 0.150 e. The highest BCUT2D eigenvalue weighted by atomic mass is 15.5. The minimum absolute atomic E-state index is 0.265. The van der Waals surface area contributed by atoms with Crippen LogP contribution in [0.25, 0.3) is 77.9 Å². The lowest BCUT2D eigenvalue weighted by atomic mass is 9.78. The van der Waals surface area contributed by atoms with Gasteiger partial charge >= 0.3 is 0 Å². The van der Waals surface area contributed by atoms with Crippen molar-refractivity contribution in [1.82, 2.24) is 30.0 Å². The summed E-state index contributed by atoms with van der Waals surface area (Å²) in [6.07, 6.45) is 0. The van der Waals surface area contributed by atoms with E-state index >= 15 is 0 Å². The standard InChI is InChI=1S/C55H46N6/c1-35-7-15-39(16-8-35)47-31-51-52(32-48(47)40-17-9-36(2)10-18-40)57-60(56-51)45-27-23-43(24-28-45)55(5,6)44-25-29-46(30-26-44)61-58-53-33-49(41-19-11-37(3)12-20-41)50(34-54(53)59-61)42-21-13-38(4)14-22-42/h7-34H,1-6H3. The molecule has 0 unspecified atom stereocenters. The number of aromatic nitrogens is 6. The number of hydrogen-bond donors (Lipinski definition) is 0. The first kappa shape index (κ1) is 37.8. The second kappa shape index (κ2) is 15.0. The maximum atomic E-state index is 4.98. The monoisotopic (exact) mass is 790 g/mol. The molecule has 0 saturated carbocycles. The third-order valence-corrected chi connectivity index (χ3v) is 12.1. The summed E-state index contributed by atoms with van der Waals surface area (Å²) in [5.74, 6) is 0. The van der Waals surface area contributed by atoms with Gasteiger partial charge in [0, 0.05) is 5.41 Å². The Morgan fingerprint density at radius 2 is 0.541 bits per heavy atom. The fraction of sp³-hybridized carbons (Fsp3) is 0.127. The van der Waals surface area contributed by atoms with Crippen LogP contribution in [0.4, 0.5) is 0 Å². The van der Waals surface area contributed by atoms with Crippen LogP contribution < -0.4 is 0 Å². The maximum absolute atomic E-state index is 4.98. The number of rotatable bonds is 8. The zero-order valence-electron chi connectivity index (χ0n) is 35.3. The van der Waals surface area contributed by atoms with Crippen LogP contribution in [0.5, 0.6) is 0 Å². The zero-order valence-corrected chi connectivity index (χ0v) is 35.3. The lowest BCUT2D eigenvalue weighted by Gasteiger charge is -2.26. The van der Waals surface area contributed by atoms with Crippen molar-refractivity contribution in [3.05, 3.63) is 203 Å². The second-order valence-corrected chi connectivity index (χ2v) is 16.9. The Hall–Kier alpha value is -7.44. The summed E-state index contributed by atoms with van der Waals surface area (Å²) in [5.41, 5.74) is 21.5. The molecule has 0 amide bonds. The molecule has 0 atom stereocenters. The molecule has 0 spiro atoms. The molecule has 2 aromatic heterocycles. The first-order valence-corrected chi connectivity index (χ1v) is 20.9. The molecule has 0 saturated heterocycles. The van der Waals surface area contributed by atoms with Gasteiger partial charge in [0.1, 0.15) is 22.1 Å². The van der Waals surface area contributed by atoms with Crippen molar-refractivity contribution in [3.8, 4) is 55.9 Å². The van der Waals surface area contributed by atoms with Crippen LogP contribution in [-0.2, 0) is 5.41 Å². The van der Waals surface area contributed by atoms with Gasteiger partial charge in [0.15, 0.2) is 0 Å². The molecule has 2 heterocycles. The predicted molar refractivity (Wildman–Crippen MR) is 251 cm³/mol. The molecule has 0 bridgehead atoms.